The van der Waals surface area contributed by atoms with Crippen molar-refractivity contribution in [1.29, 1.82) is 0 Å². The zero-order valence-electron chi connectivity index (χ0n) is 14.7. The third-order valence-corrected chi connectivity index (χ3v) is 4.22. The van der Waals surface area contributed by atoms with Crippen molar-refractivity contribution in [2.45, 2.75) is 13.8 Å². The number of nitrogens with zero attached hydrogens (tertiary/aromatic N) is 1. The van der Waals surface area contributed by atoms with E-state index < -0.39 is 0 Å². The van der Waals surface area contributed by atoms with Crippen molar-refractivity contribution in [3.63, 3.8) is 0 Å². The second-order valence-electron chi connectivity index (χ2n) is 5.61. The van der Waals surface area contributed by atoms with Gasteiger partial charge in [-0.1, -0.05) is 23.2 Å². The van der Waals surface area contributed by atoms with E-state index in [0.29, 0.717) is 40.1 Å². The summed E-state index contributed by atoms with van der Waals surface area (Å²) in [6, 6.07) is 11.8. The molecule has 2 aromatic carbocycles. The summed E-state index contributed by atoms with van der Waals surface area (Å²) in [6.07, 6.45) is 0. The molecule has 5 nitrogen and oxygen atoms in total. The lowest BCUT2D eigenvalue weighted by molar-refractivity contribution is -0.114. The van der Waals surface area contributed by atoms with Crippen molar-refractivity contribution in [1.82, 2.24) is 4.90 Å². The van der Waals surface area contributed by atoms with Crippen LogP contribution < -0.4 is 10.6 Å². The van der Waals surface area contributed by atoms with Gasteiger partial charge >= 0.3 is 0 Å². The number of carbonyl (C=O) groups excluding carboxylic acids is 2. The first-order valence-corrected chi connectivity index (χ1v) is 9.07. The SMILES string of the molecule is CCN(CC)C(=O)c1ccc(NC(=O)CNc2cc(Cl)cc(Cl)c2)cc1. The van der Waals surface area contributed by atoms with Crippen LogP contribution in [0.25, 0.3) is 0 Å². The predicted molar refractivity (Wildman–Crippen MR) is 107 cm³/mol. The Kier molecular flexibility index (Phi) is 7.30. The highest BCUT2D eigenvalue weighted by molar-refractivity contribution is 6.35. The van der Waals surface area contributed by atoms with Crippen LogP contribution in [0.4, 0.5) is 11.4 Å². The summed E-state index contributed by atoms with van der Waals surface area (Å²) >= 11 is 11.8. The van der Waals surface area contributed by atoms with E-state index in [0.717, 1.165) is 0 Å². The third-order valence-electron chi connectivity index (χ3n) is 3.78. The lowest BCUT2D eigenvalue weighted by atomic mass is 10.1. The van der Waals surface area contributed by atoms with Gasteiger partial charge in [0, 0.05) is 40.1 Å². The first kappa shape index (κ1) is 20.1. The zero-order valence-corrected chi connectivity index (χ0v) is 16.2. The summed E-state index contributed by atoms with van der Waals surface area (Å²) in [7, 11) is 0. The predicted octanol–water partition coefficient (Wildman–Crippen LogP) is 4.53. The molecule has 0 unspecified atom stereocenters. The molecule has 0 aromatic heterocycles. The molecule has 2 rings (SSSR count). The summed E-state index contributed by atoms with van der Waals surface area (Å²) in [4.78, 5) is 26.1. The van der Waals surface area contributed by atoms with E-state index in [2.05, 4.69) is 10.6 Å². The van der Waals surface area contributed by atoms with Crippen molar-refractivity contribution < 1.29 is 9.59 Å². The van der Waals surface area contributed by atoms with Gasteiger partial charge in [0.25, 0.3) is 5.91 Å². The normalized spacial score (nSPS) is 10.3. The van der Waals surface area contributed by atoms with Crippen molar-refractivity contribution in [2.75, 3.05) is 30.3 Å². The van der Waals surface area contributed by atoms with E-state index in [1.165, 1.54) is 0 Å². The average molecular weight is 394 g/mol. The average Bonchev–Trinajstić information content (AvgIpc) is 2.61. The van der Waals surface area contributed by atoms with Crippen LogP contribution in [0, 0.1) is 0 Å². The molecule has 0 fully saturated rings. The quantitative estimate of drug-likeness (QED) is 0.726. The van der Waals surface area contributed by atoms with Gasteiger partial charge in [-0.15, -0.1) is 0 Å². The molecule has 0 radical (unpaired) electrons. The van der Waals surface area contributed by atoms with Crippen molar-refractivity contribution >= 4 is 46.4 Å². The largest absolute Gasteiger partial charge is 0.376 e. The topological polar surface area (TPSA) is 61.4 Å². The van der Waals surface area contributed by atoms with Crippen LogP contribution in [0.1, 0.15) is 24.2 Å². The molecule has 0 saturated heterocycles. The molecule has 0 saturated carbocycles. The van der Waals surface area contributed by atoms with Gasteiger partial charge in [-0.25, -0.2) is 0 Å². The number of amides is 2. The third kappa shape index (κ3) is 5.64. The maximum atomic E-state index is 12.3. The summed E-state index contributed by atoms with van der Waals surface area (Å²) in [5.41, 5.74) is 1.88. The monoisotopic (exact) mass is 393 g/mol. The van der Waals surface area contributed by atoms with Crippen LogP contribution >= 0.6 is 23.2 Å². The molecule has 26 heavy (non-hydrogen) atoms. The Hall–Kier alpha value is -2.24. The molecule has 2 aromatic rings. The molecule has 7 heteroatoms. The molecule has 2 amide bonds. The summed E-state index contributed by atoms with van der Waals surface area (Å²) in [5.74, 6) is -0.240. The fraction of sp³-hybridized carbons (Fsp3) is 0.263. The van der Waals surface area contributed by atoms with Crippen molar-refractivity contribution in [3.05, 3.63) is 58.1 Å². The minimum Gasteiger partial charge on any atom is -0.376 e. The lowest BCUT2D eigenvalue weighted by Crippen LogP contribution is -2.30. The van der Waals surface area contributed by atoms with Crippen molar-refractivity contribution in [2.24, 2.45) is 0 Å². The molecule has 0 atom stereocenters. The van der Waals surface area contributed by atoms with Crippen LogP contribution in [0.2, 0.25) is 10.0 Å². The van der Waals surface area contributed by atoms with Gasteiger partial charge in [0.1, 0.15) is 0 Å². The second-order valence-corrected chi connectivity index (χ2v) is 6.49. The number of rotatable bonds is 7. The highest BCUT2D eigenvalue weighted by Crippen LogP contribution is 2.22. The maximum Gasteiger partial charge on any atom is 0.253 e. The molecule has 0 heterocycles. The fourth-order valence-electron chi connectivity index (χ4n) is 2.43. The van der Waals surface area contributed by atoms with Crippen LogP contribution in [-0.4, -0.2) is 36.3 Å². The van der Waals surface area contributed by atoms with Crippen molar-refractivity contribution in [3.8, 4) is 0 Å². The highest BCUT2D eigenvalue weighted by Gasteiger charge is 2.12. The van der Waals surface area contributed by atoms with Crippen LogP contribution in [0.3, 0.4) is 0 Å². The lowest BCUT2D eigenvalue weighted by Gasteiger charge is -2.18. The number of carbonyl (C=O) groups is 2. The molecule has 0 aliphatic carbocycles. The Labute approximate surface area is 163 Å². The smallest absolute Gasteiger partial charge is 0.253 e. The maximum absolute atomic E-state index is 12.3. The van der Waals surface area contributed by atoms with E-state index >= 15 is 0 Å². The standard InChI is InChI=1S/C19H21Cl2N3O2/c1-3-24(4-2)19(26)13-5-7-16(8-6-13)23-18(25)12-22-17-10-14(20)9-15(21)11-17/h5-11,22H,3-4,12H2,1-2H3,(H,23,25). The number of hydrogen-bond donors (Lipinski definition) is 2. The number of halogens is 2. The number of benzene rings is 2. The molecular weight excluding hydrogens is 373 g/mol. The molecule has 0 aliphatic rings. The Bertz CT molecular complexity index is 755. The fourth-order valence-corrected chi connectivity index (χ4v) is 2.96. The first-order valence-electron chi connectivity index (χ1n) is 8.32. The Balaban J connectivity index is 1.92. The van der Waals surface area contributed by atoms with Gasteiger partial charge in [-0.3, -0.25) is 9.59 Å². The minimum atomic E-state index is -0.219. The molecule has 0 aliphatic heterocycles. The number of hydrogen-bond acceptors (Lipinski definition) is 3. The zero-order chi connectivity index (χ0) is 19.1. The van der Waals surface area contributed by atoms with E-state index in [1.54, 1.807) is 47.4 Å². The molecular formula is C19H21Cl2N3O2. The van der Waals surface area contributed by atoms with Crippen LogP contribution in [0.15, 0.2) is 42.5 Å². The first-order chi connectivity index (χ1) is 12.4. The van der Waals surface area contributed by atoms with E-state index in [-0.39, 0.29) is 18.4 Å². The molecule has 138 valence electrons. The van der Waals surface area contributed by atoms with Crippen LogP contribution in [0.5, 0.6) is 0 Å². The summed E-state index contributed by atoms with van der Waals surface area (Å²) < 4.78 is 0. The summed E-state index contributed by atoms with van der Waals surface area (Å²) in [6.45, 7) is 5.27. The number of nitrogens with one attached hydrogen (secondary N) is 2. The number of anilines is 2. The van der Waals surface area contributed by atoms with E-state index in [9.17, 15) is 9.59 Å². The summed E-state index contributed by atoms with van der Waals surface area (Å²) in [5, 5.41) is 6.73. The van der Waals surface area contributed by atoms with E-state index in [1.807, 2.05) is 13.8 Å². The minimum absolute atomic E-state index is 0.0209. The molecule has 2 N–H and O–H groups in total. The van der Waals surface area contributed by atoms with Gasteiger partial charge in [0.05, 0.1) is 6.54 Å². The Morgan fingerprint density at radius 3 is 2.04 bits per heavy atom. The molecule has 0 spiro atoms. The van der Waals surface area contributed by atoms with Gasteiger partial charge < -0.3 is 15.5 Å². The Morgan fingerprint density at radius 2 is 1.50 bits per heavy atom. The van der Waals surface area contributed by atoms with E-state index in [4.69, 9.17) is 23.2 Å². The van der Waals surface area contributed by atoms with Gasteiger partial charge in [-0.05, 0) is 56.3 Å². The second kappa shape index (κ2) is 9.46. The molecule has 0 bridgehead atoms. The van der Waals surface area contributed by atoms with Crippen LogP contribution in [-0.2, 0) is 4.79 Å². The highest BCUT2D eigenvalue weighted by atomic mass is 35.5. The van der Waals surface area contributed by atoms with Gasteiger partial charge in [0.2, 0.25) is 5.91 Å². The Morgan fingerprint density at radius 1 is 0.923 bits per heavy atom. The van der Waals surface area contributed by atoms with Gasteiger partial charge in [-0.2, -0.15) is 0 Å². The van der Waals surface area contributed by atoms with Gasteiger partial charge in [0.15, 0.2) is 0 Å².